The van der Waals surface area contributed by atoms with Crippen molar-refractivity contribution in [3.8, 4) is 0 Å². The third-order valence-electron chi connectivity index (χ3n) is 3.89. The molecule has 0 saturated carbocycles. The number of anilines is 2. The molecule has 2 heterocycles. The first kappa shape index (κ1) is 17.5. The van der Waals surface area contributed by atoms with Gasteiger partial charge in [-0.3, -0.25) is 9.59 Å². The Balaban J connectivity index is 1.79. The molecule has 1 aromatic carbocycles. The maximum Gasteiger partial charge on any atom is 0.291 e. The molecule has 0 aliphatic rings. The number of carbonyl (C=O) groups is 2. The van der Waals surface area contributed by atoms with Crippen LogP contribution in [-0.4, -0.2) is 21.6 Å². The van der Waals surface area contributed by atoms with Crippen LogP contribution in [0.3, 0.4) is 0 Å². The second kappa shape index (κ2) is 7.26. The Hall–Kier alpha value is -3.35. The lowest BCUT2D eigenvalue weighted by Crippen LogP contribution is -2.18. The Morgan fingerprint density at radius 3 is 2.62 bits per heavy atom. The third-order valence-corrected chi connectivity index (χ3v) is 3.89. The maximum absolute atomic E-state index is 12.6. The van der Waals surface area contributed by atoms with Crippen LogP contribution in [0.4, 0.5) is 11.5 Å². The van der Waals surface area contributed by atoms with Gasteiger partial charge in [0.2, 0.25) is 0 Å². The first-order valence-corrected chi connectivity index (χ1v) is 8.26. The van der Waals surface area contributed by atoms with E-state index in [9.17, 15) is 9.59 Å². The molecule has 2 aromatic heterocycles. The average Bonchev–Trinajstić information content (AvgIpc) is 3.28. The second-order valence-corrected chi connectivity index (χ2v) is 6.17. The largest absolute Gasteiger partial charge is 0.459 e. The number of aryl methyl sites for hydroxylation is 1. The molecule has 0 bridgehead atoms. The summed E-state index contributed by atoms with van der Waals surface area (Å²) < 4.78 is 6.82. The Labute approximate surface area is 151 Å². The molecule has 26 heavy (non-hydrogen) atoms. The summed E-state index contributed by atoms with van der Waals surface area (Å²) in [6.45, 7) is 5.82. The van der Waals surface area contributed by atoms with Crippen LogP contribution < -0.4 is 10.6 Å². The number of nitrogens with one attached hydrogen (secondary N) is 2. The van der Waals surface area contributed by atoms with Crippen LogP contribution in [0.2, 0.25) is 0 Å². The molecule has 0 radical (unpaired) electrons. The molecule has 7 nitrogen and oxygen atoms in total. The van der Waals surface area contributed by atoms with Gasteiger partial charge >= 0.3 is 0 Å². The molecule has 134 valence electrons. The maximum atomic E-state index is 12.6. The summed E-state index contributed by atoms with van der Waals surface area (Å²) in [5.74, 6) is 0.182. The summed E-state index contributed by atoms with van der Waals surface area (Å²) in [7, 11) is 0. The zero-order valence-electron chi connectivity index (χ0n) is 14.8. The number of aromatic nitrogens is 2. The van der Waals surface area contributed by atoms with Crippen LogP contribution in [0.1, 0.15) is 46.4 Å². The van der Waals surface area contributed by atoms with Crippen molar-refractivity contribution >= 4 is 23.3 Å². The lowest BCUT2D eigenvalue weighted by molar-refractivity contribution is 0.0993. The number of carbonyl (C=O) groups excluding carboxylic acids is 2. The quantitative estimate of drug-likeness (QED) is 0.729. The van der Waals surface area contributed by atoms with Gasteiger partial charge in [0.05, 0.1) is 12.5 Å². The van der Waals surface area contributed by atoms with E-state index in [-0.39, 0.29) is 23.6 Å². The van der Waals surface area contributed by atoms with E-state index in [0.29, 0.717) is 17.1 Å². The molecular formula is C19H20N4O3. The van der Waals surface area contributed by atoms with E-state index < -0.39 is 0 Å². The van der Waals surface area contributed by atoms with Crippen molar-refractivity contribution in [2.24, 2.45) is 0 Å². The molecule has 7 heteroatoms. The zero-order valence-corrected chi connectivity index (χ0v) is 14.8. The number of amides is 2. The normalized spacial score (nSPS) is 10.8. The van der Waals surface area contributed by atoms with Crippen LogP contribution in [0, 0.1) is 6.92 Å². The Morgan fingerprint density at radius 1 is 1.12 bits per heavy atom. The van der Waals surface area contributed by atoms with Crippen molar-refractivity contribution in [1.82, 2.24) is 9.78 Å². The van der Waals surface area contributed by atoms with Gasteiger partial charge in [-0.15, -0.1) is 0 Å². The fourth-order valence-electron chi connectivity index (χ4n) is 2.50. The van der Waals surface area contributed by atoms with E-state index in [0.717, 1.165) is 5.56 Å². The molecule has 2 N–H and O–H groups in total. The van der Waals surface area contributed by atoms with E-state index in [2.05, 4.69) is 15.7 Å². The van der Waals surface area contributed by atoms with Crippen molar-refractivity contribution in [3.63, 3.8) is 0 Å². The summed E-state index contributed by atoms with van der Waals surface area (Å²) >= 11 is 0. The van der Waals surface area contributed by atoms with Crippen molar-refractivity contribution in [3.05, 3.63) is 65.7 Å². The van der Waals surface area contributed by atoms with E-state index >= 15 is 0 Å². The second-order valence-electron chi connectivity index (χ2n) is 6.17. The van der Waals surface area contributed by atoms with Crippen molar-refractivity contribution in [2.45, 2.75) is 26.8 Å². The molecule has 0 unspecified atom stereocenters. The number of benzene rings is 1. The number of hydrogen-bond acceptors (Lipinski definition) is 4. The molecule has 0 saturated heterocycles. The molecule has 0 spiro atoms. The molecule has 3 aromatic rings. The minimum atomic E-state index is -0.367. The first-order chi connectivity index (χ1) is 12.5. The highest BCUT2D eigenvalue weighted by atomic mass is 16.3. The summed E-state index contributed by atoms with van der Waals surface area (Å²) in [6.07, 6.45) is 3.07. The summed E-state index contributed by atoms with van der Waals surface area (Å²) in [5, 5.41) is 9.81. The van der Waals surface area contributed by atoms with Crippen molar-refractivity contribution in [1.29, 1.82) is 0 Å². The monoisotopic (exact) mass is 352 g/mol. The summed E-state index contributed by atoms with van der Waals surface area (Å²) in [5.41, 5.74) is 1.83. The van der Waals surface area contributed by atoms with Crippen LogP contribution in [-0.2, 0) is 0 Å². The van der Waals surface area contributed by atoms with E-state index in [1.165, 1.54) is 6.26 Å². The van der Waals surface area contributed by atoms with Crippen LogP contribution in [0.5, 0.6) is 0 Å². The van der Waals surface area contributed by atoms with Gasteiger partial charge in [0.25, 0.3) is 11.8 Å². The van der Waals surface area contributed by atoms with Gasteiger partial charge in [0.1, 0.15) is 5.82 Å². The fourth-order valence-corrected chi connectivity index (χ4v) is 2.50. The topological polar surface area (TPSA) is 89.2 Å². The van der Waals surface area contributed by atoms with E-state index in [4.69, 9.17) is 4.42 Å². The first-order valence-electron chi connectivity index (χ1n) is 8.26. The minimum absolute atomic E-state index is 0.126. The summed E-state index contributed by atoms with van der Waals surface area (Å²) in [6, 6.07) is 10.2. The average molecular weight is 352 g/mol. The molecule has 0 fully saturated rings. The number of rotatable bonds is 5. The Bertz CT molecular complexity index is 926. The molecule has 0 atom stereocenters. The van der Waals surface area contributed by atoms with Gasteiger partial charge in [-0.1, -0.05) is 6.07 Å². The molecule has 2 amide bonds. The summed E-state index contributed by atoms with van der Waals surface area (Å²) in [4.78, 5) is 24.7. The van der Waals surface area contributed by atoms with Crippen LogP contribution >= 0.6 is 0 Å². The van der Waals surface area contributed by atoms with Gasteiger partial charge < -0.3 is 15.1 Å². The fraction of sp³-hybridized carbons (Fsp3) is 0.211. The van der Waals surface area contributed by atoms with Crippen LogP contribution in [0.25, 0.3) is 0 Å². The van der Waals surface area contributed by atoms with E-state index in [1.807, 2.05) is 20.8 Å². The number of furan rings is 1. The van der Waals surface area contributed by atoms with Gasteiger partial charge in [-0.05, 0) is 50.6 Å². The lowest BCUT2D eigenvalue weighted by Gasteiger charge is -2.13. The van der Waals surface area contributed by atoms with Gasteiger partial charge in [0.15, 0.2) is 5.76 Å². The van der Waals surface area contributed by atoms with Gasteiger partial charge in [-0.25, -0.2) is 4.68 Å². The van der Waals surface area contributed by atoms with Gasteiger partial charge in [0, 0.05) is 23.4 Å². The predicted octanol–water partition coefficient (Wildman–Crippen LogP) is 3.87. The number of hydrogen-bond donors (Lipinski definition) is 2. The van der Waals surface area contributed by atoms with E-state index in [1.54, 1.807) is 47.3 Å². The molecule has 3 rings (SSSR count). The minimum Gasteiger partial charge on any atom is -0.459 e. The molecule has 0 aliphatic carbocycles. The Morgan fingerprint density at radius 2 is 1.92 bits per heavy atom. The highest BCUT2D eigenvalue weighted by molar-refractivity contribution is 6.06. The Kier molecular flexibility index (Phi) is 4.88. The predicted molar refractivity (Wildman–Crippen MR) is 98.4 cm³/mol. The zero-order chi connectivity index (χ0) is 18.7. The van der Waals surface area contributed by atoms with Crippen molar-refractivity contribution < 1.29 is 14.0 Å². The molecular weight excluding hydrogens is 332 g/mol. The van der Waals surface area contributed by atoms with Crippen molar-refractivity contribution in [2.75, 3.05) is 10.6 Å². The van der Waals surface area contributed by atoms with Gasteiger partial charge in [-0.2, -0.15) is 5.10 Å². The smallest absolute Gasteiger partial charge is 0.291 e. The highest BCUT2D eigenvalue weighted by Gasteiger charge is 2.15. The lowest BCUT2D eigenvalue weighted by atomic mass is 10.1. The van der Waals surface area contributed by atoms with Crippen LogP contribution in [0.15, 0.2) is 53.3 Å². The standard InChI is InChI=1S/C19H20N4O3/c1-12(2)23-17(8-9-20-23)22-18(24)14-7-6-13(3)15(11-14)21-19(25)16-5-4-10-26-16/h4-12H,1-3H3,(H,21,25)(H,22,24). The third kappa shape index (κ3) is 3.66. The SMILES string of the molecule is Cc1ccc(C(=O)Nc2ccnn2C(C)C)cc1NC(=O)c1ccco1. The number of nitrogens with zero attached hydrogens (tertiary/aromatic N) is 2. The molecule has 0 aliphatic heterocycles. The highest BCUT2D eigenvalue weighted by Crippen LogP contribution is 2.20.